The van der Waals surface area contributed by atoms with Crippen molar-refractivity contribution in [2.45, 2.75) is 57.6 Å². The lowest BCUT2D eigenvalue weighted by Crippen LogP contribution is -2.43. The molecule has 0 spiro atoms. The highest BCUT2D eigenvalue weighted by Crippen LogP contribution is 2.22. The molecule has 2 heterocycles. The first-order valence-corrected chi connectivity index (χ1v) is 12.2. The van der Waals surface area contributed by atoms with Crippen LogP contribution < -0.4 is 5.32 Å². The van der Waals surface area contributed by atoms with Crippen LogP contribution in [0.4, 0.5) is 0 Å². The zero-order valence-electron chi connectivity index (χ0n) is 17.9. The van der Waals surface area contributed by atoms with Gasteiger partial charge in [0.05, 0.1) is 18.6 Å². The molecule has 1 aromatic heterocycles. The molecule has 1 atom stereocenters. The van der Waals surface area contributed by atoms with Crippen molar-refractivity contribution < 1.29 is 14.1 Å². The number of hydrogen-bond donors (Lipinski definition) is 1. The van der Waals surface area contributed by atoms with Crippen LogP contribution in [0.3, 0.4) is 0 Å². The Bertz CT molecular complexity index is 836. The number of aromatic nitrogens is 2. The molecule has 0 bridgehead atoms. The molecule has 2 aromatic rings. The number of ether oxygens (including phenoxy) is 1. The van der Waals surface area contributed by atoms with E-state index in [0.29, 0.717) is 30.9 Å². The summed E-state index contributed by atoms with van der Waals surface area (Å²) in [7, 11) is 0. The number of nitrogens with zero attached hydrogens (tertiary/aromatic N) is 3. The second-order valence-corrected chi connectivity index (χ2v) is 9.43. The van der Waals surface area contributed by atoms with E-state index in [1.54, 1.807) is 0 Å². The summed E-state index contributed by atoms with van der Waals surface area (Å²) >= 11 is 3.43. The van der Waals surface area contributed by atoms with Crippen LogP contribution in [-0.2, 0) is 16.1 Å². The number of carbonyl (C=O) groups excluding carboxylic acids is 1. The van der Waals surface area contributed by atoms with Crippen molar-refractivity contribution >= 4 is 21.8 Å². The number of hydrogen-bond acceptors (Lipinski definition) is 6. The van der Waals surface area contributed by atoms with Crippen LogP contribution in [0.15, 0.2) is 33.3 Å². The van der Waals surface area contributed by atoms with Gasteiger partial charge in [0, 0.05) is 29.7 Å². The lowest BCUT2D eigenvalue weighted by molar-refractivity contribution is -0.126. The lowest BCUT2D eigenvalue weighted by atomic mass is 9.97. The van der Waals surface area contributed by atoms with E-state index < -0.39 is 0 Å². The van der Waals surface area contributed by atoms with Gasteiger partial charge in [0.1, 0.15) is 0 Å². The van der Waals surface area contributed by atoms with Crippen molar-refractivity contribution in [1.29, 1.82) is 0 Å². The number of nitrogens with one attached hydrogen (secondary N) is 1. The number of benzene rings is 1. The molecule has 1 saturated carbocycles. The highest BCUT2D eigenvalue weighted by molar-refractivity contribution is 9.10. The number of rotatable bonds is 9. The maximum absolute atomic E-state index is 12.6. The predicted molar refractivity (Wildman–Crippen MR) is 121 cm³/mol. The van der Waals surface area contributed by atoms with E-state index in [2.05, 4.69) is 36.3 Å². The molecule has 31 heavy (non-hydrogen) atoms. The maximum Gasteiger partial charge on any atom is 0.241 e. The number of likely N-dealkylation sites (tertiary alicyclic amines) is 1. The Morgan fingerprint density at radius 3 is 2.81 bits per heavy atom. The van der Waals surface area contributed by atoms with Crippen molar-refractivity contribution in [3.05, 3.63) is 34.6 Å². The van der Waals surface area contributed by atoms with Crippen LogP contribution in [-0.4, -0.2) is 53.3 Å². The van der Waals surface area contributed by atoms with Crippen LogP contribution in [0.5, 0.6) is 0 Å². The van der Waals surface area contributed by atoms with Gasteiger partial charge in [-0.15, -0.1) is 0 Å². The molecule has 8 heteroatoms. The zero-order valence-corrected chi connectivity index (χ0v) is 19.5. The number of amides is 1. The van der Waals surface area contributed by atoms with Crippen molar-refractivity contribution in [2.24, 2.45) is 5.92 Å². The quantitative estimate of drug-likeness (QED) is 0.531. The highest BCUT2D eigenvalue weighted by Gasteiger charge is 2.26. The van der Waals surface area contributed by atoms with Crippen molar-refractivity contribution in [1.82, 2.24) is 20.4 Å². The summed E-state index contributed by atoms with van der Waals surface area (Å²) in [6, 6.07) is 7.83. The predicted octanol–water partition coefficient (Wildman–Crippen LogP) is 4.18. The van der Waals surface area contributed by atoms with Crippen LogP contribution >= 0.6 is 15.9 Å². The molecule has 2 aliphatic rings. The van der Waals surface area contributed by atoms with E-state index in [1.807, 2.05) is 24.3 Å². The van der Waals surface area contributed by atoms with Gasteiger partial charge in [0.15, 0.2) is 0 Å². The van der Waals surface area contributed by atoms with Gasteiger partial charge in [0.25, 0.3) is 0 Å². The van der Waals surface area contributed by atoms with E-state index in [-0.39, 0.29) is 11.8 Å². The first-order valence-electron chi connectivity index (χ1n) is 11.4. The molecule has 2 fully saturated rings. The number of carbonyl (C=O) groups is 1. The van der Waals surface area contributed by atoms with Gasteiger partial charge >= 0.3 is 0 Å². The van der Waals surface area contributed by atoms with Crippen LogP contribution in [0.25, 0.3) is 11.4 Å². The fourth-order valence-electron chi connectivity index (χ4n) is 4.37. The maximum atomic E-state index is 12.6. The molecule has 1 unspecified atom stereocenters. The minimum Gasteiger partial charge on any atom is -0.378 e. The molecule has 1 aromatic carbocycles. The summed E-state index contributed by atoms with van der Waals surface area (Å²) in [5.74, 6) is 1.33. The molecule has 7 nitrogen and oxygen atoms in total. The van der Waals surface area contributed by atoms with E-state index >= 15 is 0 Å². The molecular formula is C23H31BrN4O3. The number of halogens is 1. The van der Waals surface area contributed by atoms with Crippen molar-refractivity contribution in [3.63, 3.8) is 0 Å². The minimum atomic E-state index is 0.0124. The van der Waals surface area contributed by atoms with Gasteiger partial charge in [-0.05, 0) is 62.9 Å². The summed E-state index contributed by atoms with van der Waals surface area (Å²) in [6.07, 6.45) is 8.19. The second-order valence-electron chi connectivity index (χ2n) is 8.51. The van der Waals surface area contributed by atoms with Crippen LogP contribution in [0, 0.1) is 5.92 Å². The Morgan fingerprint density at radius 1 is 1.19 bits per heavy atom. The molecule has 1 amide bonds. The lowest BCUT2D eigenvalue weighted by Gasteiger charge is -2.30. The van der Waals surface area contributed by atoms with Gasteiger partial charge < -0.3 is 14.6 Å². The van der Waals surface area contributed by atoms with E-state index in [4.69, 9.17) is 9.26 Å². The molecule has 1 aliphatic carbocycles. The van der Waals surface area contributed by atoms with Gasteiger partial charge in [-0.1, -0.05) is 33.9 Å². The fourth-order valence-corrected chi connectivity index (χ4v) is 4.64. The first-order chi connectivity index (χ1) is 15.2. The molecule has 0 radical (unpaired) electrons. The minimum absolute atomic E-state index is 0.0124. The Balaban J connectivity index is 1.19. The third-order valence-corrected chi connectivity index (χ3v) is 6.61. The van der Waals surface area contributed by atoms with E-state index in [0.717, 1.165) is 49.0 Å². The SMILES string of the molecule is O=C(NCCCOC1CCCC1)C1CCCN(Cc2nc(-c3ccc(Br)cc3)no2)C1. The monoisotopic (exact) mass is 490 g/mol. The Hall–Kier alpha value is -1.77. The molecular weight excluding hydrogens is 460 g/mol. The van der Waals surface area contributed by atoms with Gasteiger partial charge in [-0.25, -0.2) is 0 Å². The standard InChI is InChI=1S/C23H31BrN4O3/c24-19-10-8-17(9-11-19)22-26-21(31-27-22)16-28-13-3-5-18(15-28)23(29)25-12-4-14-30-20-6-1-2-7-20/h8-11,18,20H,1-7,12-16H2,(H,25,29). The molecule has 1 saturated heterocycles. The molecule has 1 aliphatic heterocycles. The Kier molecular flexibility index (Phi) is 8.10. The number of piperidine rings is 1. The average Bonchev–Trinajstić information content (AvgIpc) is 3.46. The van der Waals surface area contributed by atoms with Crippen LogP contribution in [0.1, 0.15) is 50.8 Å². The Labute approximate surface area is 192 Å². The summed E-state index contributed by atoms with van der Waals surface area (Å²) in [5, 5.41) is 7.19. The first kappa shape index (κ1) is 22.4. The summed E-state index contributed by atoms with van der Waals surface area (Å²) in [6.45, 7) is 3.65. The van der Waals surface area contributed by atoms with Gasteiger partial charge in [-0.2, -0.15) is 4.98 Å². The fraction of sp³-hybridized carbons (Fsp3) is 0.609. The van der Waals surface area contributed by atoms with Crippen molar-refractivity contribution in [2.75, 3.05) is 26.2 Å². The summed E-state index contributed by atoms with van der Waals surface area (Å²) < 4.78 is 12.3. The molecule has 168 valence electrons. The second kappa shape index (κ2) is 11.2. The van der Waals surface area contributed by atoms with Gasteiger partial charge in [-0.3, -0.25) is 9.69 Å². The molecule has 4 rings (SSSR count). The molecule has 1 N–H and O–H groups in total. The third-order valence-electron chi connectivity index (χ3n) is 6.08. The Morgan fingerprint density at radius 2 is 2.00 bits per heavy atom. The largest absolute Gasteiger partial charge is 0.378 e. The van der Waals surface area contributed by atoms with Crippen molar-refractivity contribution in [3.8, 4) is 11.4 Å². The van der Waals surface area contributed by atoms with Gasteiger partial charge in [0.2, 0.25) is 17.6 Å². The van der Waals surface area contributed by atoms with E-state index in [1.165, 1.54) is 25.7 Å². The summed E-state index contributed by atoms with van der Waals surface area (Å²) in [5.41, 5.74) is 0.922. The van der Waals surface area contributed by atoms with E-state index in [9.17, 15) is 4.79 Å². The normalized spacial score (nSPS) is 20.2. The average molecular weight is 491 g/mol. The smallest absolute Gasteiger partial charge is 0.241 e. The third kappa shape index (κ3) is 6.60. The summed E-state index contributed by atoms with van der Waals surface area (Å²) in [4.78, 5) is 19.4. The topological polar surface area (TPSA) is 80.5 Å². The highest BCUT2D eigenvalue weighted by atomic mass is 79.9. The zero-order chi connectivity index (χ0) is 21.5. The van der Waals surface area contributed by atoms with Crippen LogP contribution in [0.2, 0.25) is 0 Å².